The summed E-state index contributed by atoms with van der Waals surface area (Å²) in [6.07, 6.45) is 1.35. The molecule has 2 heterocycles. The fourth-order valence-corrected chi connectivity index (χ4v) is 5.12. The summed E-state index contributed by atoms with van der Waals surface area (Å²) < 4.78 is 28.7. The Morgan fingerprint density at radius 3 is 2.31 bits per heavy atom. The van der Waals surface area contributed by atoms with Gasteiger partial charge in [0, 0.05) is 17.9 Å². The highest BCUT2D eigenvalue weighted by atomic mass is 35.5. The van der Waals surface area contributed by atoms with Gasteiger partial charge in [0.15, 0.2) is 0 Å². The SMILES string of the molecule is Cc1c(S(=O)(=O)c2ccccc2)c(NC(=O)c2ccc(Cl)nc2)n(C(C)C)c1C. The molecular weight excluding hydrogens is 410 g/mol. The van der Waals surface area contributed by atoms with Gasteiger partial charge in [-0.2, -0.15) is 0 Å². The van der Waals surface area contributed by atoms with Crippen molar-refractivity contribution in [3.05, 3.63) is 70.6 Å². The third-order valence-corrected chi connectivity index (χ3v) is 6.91. The first-order valence-corrected chi connectivity index (χ1v) is 10.9. The lowest BCUT2D eigenvalue weighted by Crippen LogP contribution is -2.19. The van der Waals surface area contributed by atoms with E-state index in [1.165, 1.54) is 12.3 Å². The maximum atomic E-state index is 13.4. The van der Waals surface area contributed by atoms with E-state index >= 15 is 0 Å². The van der Waals surface area contributed by atoms with Gasteiger partial charge in [0.05, 0.1) is 10.5 Å². The number of nitrogens with one attached hydrogen (secondary N) is 1. The first-order chi connectivity index (χ1) is 13.6. The molecule has 0 aliphatic rings. The van der Waals surface area contributed by atoms with Gasteiger partial charge in [-0.1, -0.05) is 29.8 Å². The van der Waals surface area contributed by atoms with E-state index in [9.17, 15) is 13.2 Å². The second-order valence-corrected chi connectivity index (χ2v) is 9.27. The molecule has 0 spiro atoms. The van der Waals surface area contributed by atoms with Crippen LogP contribution in [0.4, 0.5) is 5.82 Å². The fourth-order valence-electron chi connectivity index (χ4n) is 3.30. The molecule has 3 aromatic rings. The lowest BCUT2D eigenvalue weighted by molar-refractivity contribution is 0.102. The molecule has 2 aromatic heterocycles. The number of pyridine rings is 1. The van der Waals surface area contributed by atoms with Crippen LogP contribution in [0.5, 0.6) is 0 Å². The van der Waals surface area contributed by atoms with Crippen molar-refractivity contribution in [2.75, 3.05) is 5.32 Å². The van der Waals surface area contributed by atoms with Gasteiger partial charge >= 0.3 is 0 Å². The van der Waals surface area contributed by atoms with Gasteiger partial charge in [0.25, 0.3) is 5.91 Å². The third-order valence-electron chi connectivity index (χ3n) is 4.76. The second kappa shape index (κ2) is 8.00. The highest BCUT2D eigenvalue weighted by Crippen LogP contribution is 2.37. The summed E-state index contributed by atoms with van der Waals surface area (Å²) in [4.78, 5) is 17.0. The monoisotopic (exact) mass is 431 g/mol. The zero-order chi connectivity index (χ0) is 21.3. The summed E-state index contributed by atoms with van der Waals surface area (Å²) in [6, 6.07) is 11.2. The van der Waals surface area contributed by atoms with Crippen LogP contribution in [-0.4, -0.2) is 23.9 Å². The highest BCUT2D eigenvalue weighted by molar-refractivity contribution is 7.91. The van der Waals surface area contributed by atoms with E-state index in [1.807, 2.05) is 25.3 Å². The van der Waals surface area contributed by atoms with Crippen molar-refractivity contribution >= 4 is 33.2 Å². The Labute approximate surface area is 175 Å². The molecule has 0 bridgehead atoms. The van der Waals surface area contributed by atoms with E-state index in [0.29, 0.717) is 5.56 Å². The lowest BCUT2D eigenvalue weighted by atomic mass is 10.2. The van der Waals surface area contributed by atoms with E-state index in [-0.39, 0.29) is 32.4 Å². The molecule has 0 saturated carbocycles. The van der Waals surface area contributed by atoms with E-state index in [2.05, 4.69) is 10.3 Å². The quantitative estimate of drug-likeness (QED) is 0.587. The molecule has 1 aromatic carbocycles. The van der Waals surface area contributed by atoms with Gasteiger partial charge in [0.2, 0.25) is 9.84 Å². The van der Waals surface area contributed by atoms with Crippen LogP contribution in [0.2, 0.25) is 5.15 Å². The summed E-state index contributed by atoms with van der Waals surface area (Å²) in [6.45, 7) is 7.47. The van der Waals surface area contributed by atoms with Crippen molar-refractivity contribution in [3.8, 4) is 0 Å². The van der Waals surface area contributed by atoms with Gasteiger partial charge < -0.3 is 9.88 Å². The molecule has 6 nitrogen and oxygen atoms in total. The molecular formula is C21H22ClN3O3S. The van der Waals surface area contributed by atoms with Crippen LogP contribution < -0.4 is 5.32 Å². The number of aromatic nitrogens is 2. The van der Waals surface area contributed by atoms with Gasteiger partial charge in [0.1, 0.15) is 15.9 Å². The van der Waals surface area contributed by atoms with Crippen LogP contribution in [-0.2, 0) is 9.84 Å². The van der Waals surface area contributed by atoms with Crippen molar-refractivity contribution in [1.29, 1.82) is 0 Å². The molecule has 0 radical (unpaired) electrons. The molecule has 0 aliphatic heterocycles. The molecule has 1 N–H and O–H groups in total. The molecule has 8 heteroatoms. The van der Waals surface area contributed by atoms with E-state index in [0.717, 1.165) is 5.69 Å². The number of hydrogen-bond acceptors (Lipinski definition) is 4. The zero-order valence-corrected chi connectivity index (χ0v) is 18.2. The Bertz CT molecular complexity index is 1150. The molecule has 29 heavy (non-hydrogen) atoms. The molecule has 0 aliphatic carbocycles. The predicted molar refractivity (Wildman–Crippen MR) is 113 cm³/mol. The van der Waals surface area contributed by atoms with Crippen LogP contribution in [0.3, 0.4) is 0 Å². The van der Waals surface area contributed by atoms with Gasteiger partial charge in [-0.25, -0.2) is 13.4 Å². The van der Waals surface area contributed by atoms with Crippen LogP contribution >= 0.6 is 11.6 Å². The van der Waals surface area contributed by atoms with Gasteiger partial charge in [-0.3, -0.25) is 4.79 Å². The number of carbonyl (C=O) groups excluding carboxylic acids is 1. The highest BCUT2D eigenvalue weighted by Gasteiger charge is 2.31. The zero-order valence-electron chi connectivity index (χ0n) is 16.6. The maximum Gasteiger partial charge on any atom is 0.258 e. The molecule has 1 amide bonds. The number of rotatable bonds is 5. The van der Waals surface area contributed by atoms with Crippen molar-refractivity contribution in [2.45, 2.75) is 43.5 Å². The molecule has 152 valence electrons. The summed E-state index contributed by atoms with van der Waals surface area (Å²) in [5, 5.41) is 3.07. The number of nitrogens with zero attached hydrogens (tertiary/aromatic N) is 2. The average molecular weight is 432 g/mol. The molecule has 3 rings (SSSR count). The van der Waals surface area contributed by atoms with Crippen molar-refractivity contribution < 1.29 is 13.2 Å². The van der Waals surface area contributed by atoms with Crippen LogP contribution in [0.1, 0.15) is 41.5 Å². The minimum absolute atomic E-state index is 0.0629. The van der Waals surface area contributed by atoms with Crippen LogP contribution in [0.15, 0.2) is 58.5 Å². The van der Waals surface area contributed by atoms with E-state index in [1.54, 1.807) is 43.3 Å². The Balaban J connectivity index is 2.18. The Hall–Kier alpha value is -2.64. The fraction of sp³-hybridized carbons (Fsp3) is 0.238. The first-order valence-electron chi connectivity index (χ1n) is 9.09. The topological polar surface area (TPSA) is 81.1 Å². The number of amides is 1. The number of anilines is 1. The standard InChI is InChI=1S/C21H22ClN3O3S/c1-13(2)25-15(4)14(3)19(29(27,28)17-8-6-5-7-9-17)20(25)24-21(26)16-10-11-18(22)23-12-16/h5-13H,1-4H3,(H,24,26). The Kier molecular flexibility index (Phi) is 5.82. The minimum Gasteiger partial charge on any atom is -0.328 e. The number of hydrogen-bond donors (Lipinski definition) is 1. The minimum atomic E-state index is -3.84. The van der Waals surface area contributed by atoms with Crippen molar-refractivity contribution in [2.24, 2.45) is 0 Å². The predicted octanol–water partition coefficient (Wildman–Crippen LogP) is 4.82. The summed E-state index contributed by atoms with van der Waals surface area (Å²) in [5.41, 5.74) is 1.66. The van der Waals surface area contributed by atoms with Crippen molar-refractivity contribution in [1.82, 2.24) is 9.55 Å². The Morgan fingerprint density at radius 1 is 1.10 bits per heavy atom. The summed E-state index contributed by atoms with van der Waals surface area (Å²) in [5.74, 6) is -0.211. The first kappa shape index (κ1) is 21.1. The van der Waals surface area contributed by atoms with Crippen LogP contribution in [0.25, 0.3) is 0 Å². The van der Waals surface area contributed by atoms with Gasteiger partial charge in [-0.05, 0) is 57.5 Å². The van der Waals surface area contributed by atoms with Gasteiger partial charge in [-0.15, -0.1) is 0 Å². The number of benzene rings is 1. The van der Waals surface area contributed by atoms with Crippen molar-refractivity contribution in [3.63, 3.8) is 0 Å². The summed E-state index contributed by atoms with van der Waals surface area (Å²) in [7, 11) is -3.84. The van der Waals surface area contributed by atoms with Crippen LogP contribution in [0, 0.1) is 13.8 Å². The smallest absolute Gasteiger partial charge is 0.258 e. The third kappa shape index (κ3) is 3.93. The number of carbonyl (C=O) groups is 1. The molecule has 0 fully saturated rings. The lowest BCUT2D eigenvalue weighted by Gasteiger charge is -2.17. The van der Waals surface area contributed by atoms with E-state index in [4.69, 9.17) is 11.6 Å². The van der Waals surface area contributed by atoms with E-state index < -0.39 is 15.7 Å². The summed E-state index contributed by atoms with van der Waals surface area (Å²) >= 11 is 5.79. The normalized spacial score (nSPS) is 11.7. The molecule has 0 saturated heterocycles. The Morgan fingerprint density at radius 2 is 1.76 bits per heavy atom. The number of halogens is 1. The number of sulfone groups is 1. The maximum absolute atomic E-state index is 13.4. The largest absolute Gasteiger partial charge is 0.328 e. The molecule has 0 atom stereocenters. The molecule has 0 unspecified atom stereocenters. The average Bonchev–Trinajstić information content (AvgIpc) is 2.93. The second-order valence-electron chi connectivity index (χ2n) is 6.99.